The van der Waals surface area contributed by atoms with Gasteiger partial charge in [0.2, 0.25) is 5.91 Å². The lowest BCUT2D eigenvalue weighted by Gasteiger charge is -2.05. The highest BCUT2D eigenvalue weighted by molar-refractivity contribution is 5.95. The fourth-order valence-electron chi connectivity index (χ4n) is 4.94. The lowest BCUT2D eigenvalue weighted by Crippen LogP contribution is -2.21. The molecule has 4 aliphatic rings. The molecule has 5 heteroatoms. The summed E-state index contributed by atoms with van der Waals surface area (Å²) in [5.41, 5.74) is 0. The van der Waals surface area contributed by atoms with Gasteiger partial charge in [0, 0.05) is 30.8 Å². The molecule has 0 spiro atoms. The van der Waals surface area contributed by atoms with Crippen molar-refractivity contribution in [3.63, 3.8) is 0 Å². The summed E-state index contributed by atoms with van der Waals surface area (Å²) in [6, 6.07) is 0.800. The monoisotopic (exact) mass is 346 g/mol. The van der Waals surface area contributed by atoms with Crippen LogP contribution in [-0.4, -0.2) is 57.5 Å². The van der Waals surface area contributed by atoms with Crippen molar-refractivity contribution in [1.29, 1.82) is 0 Å². The average molecular weight is 346 g/mol. The molecule has 0 N–H and O–H groups in total. The molecule has 2 aliphatic heterocycles. The van der Waals surface area contributed by atoms with Crippen LogP contribution in [0.4, 0.5) is 0 Å². The zero-order chi connectivity index (χ0) is 18.2. The van der Waals surface area contributed by atoms with Gasteiger partial charge in [-0.05, 0) is 31.1 Å². The number of hydrogen-bond donors (Lipinski definition) is 0. The Balaban J connectivity index is 1.44. The quantitative estimate of drug-likeness (QED) is 0.661. The lowest BCUT2D eigenvalue weighted by molar-refractivity contribution is -0.128. The SMILES string of the molecule is CC(=O)N1[C@@H](C(=O)C(C)C)[C@@H]1C1CC1N1[C@@H](C(=O)C(C)C)[C@@H]1C1CC1. The number of rotatable bonds is 7. The summed E-state index contributed by atoms with van der Waals surface area (Å²) in [5.74, 6) is 1.69. The Morgan fingerprint density at radius 3 is 1.92 bits per heavy atom. The molecule has 0 bridgehead atoms. The zero-order valence-corrected chi connectivity index (χ0v) is 15.9. The molecule has 0 aromatic heterocycles. The number of carbonyl (C=O) groups excluding carboxylic acids is 3. The van der Waals surface area contributed by atoms with Gasteiger partial charge in [0.05, 0.1) is 12.1 Å². The number of ketones is 2. The predicted octanol–water partition coefficient (Wildman–Crippen LogP) is 1.89. The molecule has 0 radical (unpaired) electrons. The summed E-state index contributed by atoms with van der Waals surface area (Å²) in [4.78, 5) is 41.1. The van der Waals surface area contributed by atoms with Crippen LogP contribution < -0.4 is 0 Å². The molecular formula is C20H30N2O3. The molecule has 2 heterocycles. The Hall–Kier alpha value is -1.23. The second-order valence-corrected chi connectivity index (χ2v) is 9.16. The van der Waals surface area contributed by atoms with Gasteiger partial charge in [0.25, 0.3) is 0 Å². The Morgan fingerprint density at radius 2 is 1.44 bits per heavy atom. The van der Waals surface area contributed by atoms with E-state index in [4.69, 9.17) is 0 Å². The van der Waals surface area contributed by atoms with Gasteiger partial charge in [0.1, 0.15) is 6.04 Å². The number of nitrogens with zero attached hydrogens (tertiary/aromatic N) is 2. The molecule has 2 saturated heterocycles. The highest BCUT2D eigenvalue weighted by Crippen LogP contribution is 2.58. The Labute approximate surface area is 150 Å². The van der Waals surface area contributed by atoms with Crippen molar-refractivity contribution in [3.05, 3.63) is 0 Å². The van der Waals surface area contributed by atoms with E-state index in [0.717, 1.165) is 6.42 Å². The first-order valence-electron chi connectivity index (χ1n) is 9.89. The van der Waals surface area contributed by atoms with Crippen LogP contribution in [0.3, 0.4) is 0 Å². The second kappa shape index (κ2) is 5.63. The van der Waals surface area contributed by atoms with Gasteiger partial charge in [-0.3, -0.25) is 19.3 Å². The Morgan fingerprint density at radius 1 is 0.880 bits per heavy atom. The first-order chi connectivity index (χ1) is 11.8. The van der Waals surface area contributed by atoms with E-state index in [9.17, 15) is 14.4 Å². The number of amides is 1. The number of carbonyl (C=O) groups is 3. The maximum Gasteiger partial charge on any atom is 0.220 e. The number of Topliss-reactive ketones (excluding diaryl/α,β-unsaturated/α-hetero) is 2. The average Bonchev–Trinajstić information content (AvgIpc) is 3.40. The van der Waals surface area contributed by atoms with E-state index >= 15 is 0 Å². The molecule has 0 aromatic rings. The smallest absolute Gasteiger partial charge is 0.220 e. The third-order valence-electron chi connectivity index (χ3n) is 6.57. The first-order valence-corrected chi connectivity index (χ1v) is 9.89. The van der Waals surface area contributed by atoms with E-state index in [-0.39, 0.29) is 41.7 Å². The maximum absolute atomic E-state index is 12.6. The van der Waals surface area contributed by atoms with Crippen molar-refractivity contribution in [2.45, 2.75) is 84.1 Å². The Bertz CT molecular complexity index is 624. The minimum Gasteiger partial charge on any atom is -0.325 e. The van der Waals surface area contributed by atoms with Crippen molar-refractivity contribution < 1.29 is 14.4 Å². The van der Waals surface area contributed by atoms with E-state index in [1.807, 2.05) is 27.7 Å². The van der Waals surface area contributed by atoms with Gasteiger partial charge >= 0.3 is 0 Å². The molecule has 2 saturated carbocycles. The summed E-state index contributed by atoms with van der Waals surface area (Å²) in [7, 11) is 0. The van der Waals surface area contributed by atoms with Gasteiger partial charge < -0.3 is 4.90 Å². The molecule has 4 fully saturated rings. The Kier molecular flexibility index (Phi) is 3.87. The van der Waals surface area contributed by atoms with Crippen molar-refractivity contribution in [1.82, 2.24) is 9.80 Å². The van der Waals surface area contributed by atoms with Crippen molar-refractivity contribution in [3.8, 4) is 0 Å². The van der Waals surface area contributed by atoms with Crippen LogP contribution in [0.1, 0.15) is 53.9 Å². The van der Waals surface area contributed by atoms with Crippen LogP contribution in [0, 0.1) is 23.7 Å². The van der Waals surface area contributed by atoms with Gasteiger partial charge in [-0.25, -0.2) is 0 Å². The minimum absolute atomic E-state index is 0.00833. The molecule has 4 rings (SSSR count). The van der Waals surface area contributed by atoms with Crippen LogP contribution in [-0.2, 0) is 14.4 Å². The molecule has 3 unspecified atom stereocenters. The number of hydrogen-bond acceptors (Lipinski definition) is 4. The topological polar surface area (TPSA) is 57.2 Å². The van der Waals surface area contributed by atoms with Gasteiger partial charge in [-0.1, -0.05) is 27.7 Å². The minimum atomic E-state index is -0.217. The van der Waals surface area contributed by atoms with Crippen LogP contribution in [0.15, 0.2) is 0 Å². The molecule has 138 valence electrons. The fourth-order valence-corrected chi connectivity index (χ4v) is 4.94. The first kappa shape index (κ1) is 17.2. The molecule has 0 aromatic carbocycles. The van der Waals surface area contributed by atoms with Crippen LogP contribution >= 0.6 is 0 Å². The highest BCUT2D eigenvalue weighted by Gasteiger charge is 2.71. The van der Waals surface area contributed by atoms with Gasteiger partial charge in [-0.15, -0.1) is 0 Å². The van der Waals surface area contributed by atoms with Crippen molar-refractivity contribution in [2.24, 2.45) is 23.7 Å². The van der Waals surface area contributed by atoms with E-state index in [1.165, 1.54) is 12.8 Å². The lowest BCUT2D eigenvalue weighted by atomic mass is 10.0. The summed E-state index contributed by atoms with van der Waals surface area (Å²) in [6.45, 7) is 9.36. The van der Waals surface area contributed by atoms with Gasteiger partial charge in [0.15, 0.2) is 11.6 Å². The predicted molar refractivity (Wildman–Crippen MR) is 93.8 cm³/mol. The molecule has 7 atom stereocenters. The third-order valence-corrected chi connectivity index (χ3v) is 6.57. The summed E-state index contributed by atoms with van der Waals surface area (Å²) >= 11 is 0. The molecule has 25 heavy (non-hydrogen) atoms. The van der Waals surface area contributed by atoms with E-state index < -0.39 is 0 Å². The summed E-state index contributed by atoms with van der Waals surface area (Å²) in [5, 5.41) is 0. The van der Waals surface area contributed by atoms with E-state index in [2.05, 4.69) is 4.90 Å². The molecule has 5 nitrogen and oxygen atoms in total. The van der Waals surface area contributed by atoms with Crippen molar-refractivity contribution in [2.75, 3.05) is 0 Å². The fraction of sp³-hybridized carbons (Fsp3) is 0.850. The van der Waals surface area contributed by atoms with Crippen LogP contribution in [0.5, 0.6) is 0 Å². The van der Waals surface area contributed by atoms with E-state index in [0.29, 0.717) is 29.7 Å². The maximum atomic E-state index is 12.6. The van der Waals surface area contributed by atoms with Crippen LogP contribution in [0.2, 0.25) is 0 Å². The summed E-state index contributed by atoms with van der Waals surface area (Å²) < 4.78 is 0. The molecular weight excluding hydrogens is 316 g/mol. The second-order valence-electron chi connectivity index (χ2n) is 9.16. The normalized spacial score (nSPS) is 41.9. The largest absolute Gasteiger partial charge is 0.325 e. The van der Waals surface area contributed by atoms with E-state index in [1.54, 1.807) is 11.8 Å². The zero-order valence-electron chi connectivity index (χ0n) is 15.9. The van der Waals surface area contributed by atoms with Crippen LogP contribution in [0.25, 0.3) is 0 Å². The standard InChI is InChI=1S/C20H30N2O3/c1-9(2)19(24)17-15(12-6-7-12)22(17)14-8-13(14)16-18(20(25)10(3)4)21(16)11(5)23/h9-10,12-18H,6-8H2,1-5H3/t13?,14?,15-,16-,17+,18+,21?,22?/m0/s1. The van der Waals surface area contributed by atoms with Crippen molar-refractivity contribution >= 4 is 17.5 Å². The molecule has 2 aliphatic carbocycles. The third kappa shape index (κ3) is 2.75. The molecule has 1 amide bonds. The highest BCUT2D eigenvalue weighted by atomic mass is 16.2. The summed E-state index contributed by atoms with van der Waals surface area (Å²) in [6.07, 6.45) is 3.52. The van der Waals surface area contributed by atoms with Gasteiger partial charge in [-0.2, -0.15) is 0 Å².